The molecule has 0 fully saturated rings. The number of rotatable bonds is 2. The largest absolute Gasteiger partial charge is 0.301 e. The molecule has 1 atom stereocenters. The minimum absolute atomic E-state index is 0.149. The smallest absolute Gasteiger partial charge is 0.251 e. The van der Waals surface area contributed by atoms with Crippen LogP contribution in [0.5, 0.6) is 0 Å². The Hall–Kier alpha value is -1.73. The second kappa shape index (κ2) is 5.48. The highest BCUT2D eigenvalue weighted by molar-refractivity contribution is 7.99. The summed E-state index contributed by atoms with van der Waals surface area (Å²) in [5.41, 5.74) is 1.24. The standard InChI is InChI=1S/C15H14N4OS2/c1-8-2-3-9-10(6-8)21-13-12(9)14(18-7-17-13)22-15-16-5-4-11(20)19-15/h4-5,7-8H,2-3,6H2,1H3,(H,16,19,20)/t8-/m0/s1. The Morgan fingerprint density at radius 2 is 2.27 bits per heavy atom. The summed E-state index contributed by atoms with van der Waals surface area (Å²) in [4.78, 5) is 29.7. The zero-order chi connectivity index (χ0) is 15.1. The van der Waals surface area contributed by atoms with Crippen LogP contribution in [0.2, 0.25) is 0 Å². The van der Waals surface area contributed by atoms with Crippen LogP contribution in [0.1, 0.15) is 23.8 Å². The molecule has 3 aromatic rings. The molecular formula is C15H14N4OS2. The third-order valence-electron chi connectivity index (χ3n) is 3.90. The average molecular weight is 330 g/mol. The molecule has 0 unspecified atom stereocenters. The van der Waals surface area contributed by atoms with Crippen molar-refractivity contribution < 1.29 is 0 Å². The lowest BCUT2D eigenvalue weighted by molar-refractivity contribution is 0.509. The van der Waals surface area contributed by atoms with Crippen molar-refractivity contribution in [1.29, 1.82) is 0 Å². The highest BCUT2D eigenvalue weighted by atomic mass is 32.2. The summed E-state index contributed by atoms with van der Waals surface area (Å²) < 4.78 is 0. The van der Waals surface area contributed by atoms with E-state index in [9.17, 15) is 4.79 Å². The van der Waals surface area contributed by atoms with Crippen LogP contribution in [0.3, 0.4) is 0 Å². The predicted molar refractivity (Wildman–Crippen MR) is 87.6 cm³/mol. The number of nitrogens with one attached hydrogen (secondary N) is 1. The third kappa shape index (κ3) is 2.44. The van der Waals surface area contributed by atoms with Gasteiger partial charge in [-0.1, -0.05) is 6.92 Å². The molecule has 3 heterocycles. The first-order chi connectivity index (χ1) is 10.7. The van der Waals surface area contributed by atoms with Crippen molar-refractivity contribution >= 4 is 33.3 Å². The van der Waals surface area contributed by atoms with E-state index in [4.69, 9.17) is 0 Å². The van der Waals surface area contributed by atoms with Crippen molar-refractivity contribution in [3.8, 4) is 0 Å². The maximum atomic E-state index is 11.4. The van der Waals surface area contributed by atoms with Crippen molar-refractivity contribution in [1.82, 2.24) is 19.9 Å². The lowest BCUT2D eigenvalue weighted by atomic mass is 9.89. The molecule has 3 aromatic heterocycles. The van der Waals surface area contributed by atoms with Gasteiger partial charge in [-0.3, -0.25) is 4.79 Å². The molecule has 0 spiro atoms. The number of hydrogen-bond donors (Lipinski definition) is 1. The van der Waals surface area contributed by atoms with Gasteiger partial charge in [-0.25, -0.2) is 15.0 Å². The van der Waals surface area contributed by atoms with E-state index in [0.29, 0.717) is 5.16 Å². The number of thiophene rings is 1. The molecule has 4 rings (SSSR count). The summed E-state index contributed by atoms with van der Waals surface area (Å²) in [6.45, 7) is 2.30. The third-order valence-corrected chi connectivity index (χ3v) is 5.96. The van der Waals surface area contributed by atoms with E-state index in [1.807, 2.05) is 0 Å². The van der Waals surface area contributed by atoms with Crippen LogP contribution in [-0.2, 0) is 12.8 Å². The van der Waals surface area contributed by atoms with Gasteiger partial charge >= 0.3 is 0 Å². The van der Waals surface area contributed by atoms with Crippen LogP contribution < -0.4 is 5.56 Å². The first kappa shape index (κ1) is 13.9. The second-order valence-corrected chi connectivity index (χ2v) is 7.61. The normalized spacial score (nSPS) is 17.6. The number of aromatic amines is 1. The van der Waals surface area contributed by atoms with Gasteiger partial charge in [0.1, 0.15) is 16.2 Å². The van der Waals surface area contributed by atoms with Crippen LogP contribution in [0.4, 0.5) is 0 Å². The molecule has 0 aromatic carbocycles. The molecule has 1 aliphatic carbocycles. The fourth-order valence-corrected chi connectivity index (χ4v) is 5.10. The van der Waals surface area contributed by atoms with Gasteiger partial charge in [0.2, 0.25) is 0 Å². The summed E-state index contributed by atoms with van der Waals surface area (Å²) >= 11 is 3.17. The van der Waals surface area contributed by atoms with E-state index >= 15 is 0 Å². The van der Waals surface area contributed by atoms with E-state index in [0.717, 1.165) is 34.0 Å². The molecular weight excluding hydrogens is 316 g/mol. The van der Waals surface area contributed by atoms with Crippen LogP contribution >= 0.6 is 23.1 Å². The van der Waals surface area contributed by atoms with Crippen molar-refractivity contribution in [3.63, 3.8) is 0 Å². The van der Waals surface area contributed by atoms with Gasteiger partial charge in [0, 0.05) is 22.5 Å². The molecule has 7 heteroatoms. The Morgan fingerprint density at radius 3 is 3.14 bits per heavy atom. The minimum atomic E-state index is -0.149. The molecule has 1 N–H and O–H groups in total. The number of fused-ring (bicyclic) bond motifs is 3. The maximum absolute atomic E-state index is 11.4. The maximum Gasteiger partial charge on any atom is 0.251 e. The molecule has 1 aliphatic rings. The van der Waals surface area contributed by atoms with Gasteiger partial charge < -0.3 is 4.98 Å². The van der Waals surface area contributed by atoms with Crippen LogP contribution in [0.15, 0.2) is 33.6 Å². The fraction of sp³-hybridized carbons (Fsp3) is 0.333. The number of H-pyrrole nitrogens is 1. The molecule has 0 aliphatic heterocycles. The fourth-order valence-electron chi connectivity index (χ4n) is 2.82. The molecule has 22 heavy (non-hydrogen) atoms. The van der Waals surface area contributed by atoms with E-state index in [-0.39, 0.29) is 5.56 Å². The number of aromatic nitrogens is 4. The highest BCUT2D eigenvalue weighted by Gasteiger charge is 2.23. The summed E-state index contributed by atoms with van der Waals surface area (Å²) in [5.74, 6) is 0.733. The Labute approximate surface area is 135 Å². The summed E-state index contributed by atoms with van der Waals surface area (Å²) in [6, 6.07) is 1.41. The lowest BCUT2D eigenvalue weighted by Crippen LogP contribution is -2.09. The van der Waals surface area contributed by atoms with Crippen LogP contribution in [0.25, 0.3) is 10.2 Å². The molecule has 0 bridgehead atoms. The van der Waals surface area contributed by atoms with Gasteiger partial charge in [0.25, 0.3) is 5.56 Å². The summed E-state index contributed by atoms with van der Waals surface area (Å²) in [6.07, 6.45) is 6.52. The number of hydrogen-bond acceptors (Lipinski definition) is 6. The average Bonchev–Trinajstić information content (AvgIpc) is 2.85. The minimum Gasteiger partial charge on any atom is -0.301 e. The molecule has 112 valence electrons. The van der Waals surface area contributed by atoms with E-state index in [1.165, 1.54) is 40.9 Å². The number of aryl methyl sites for hydroxylation is 1. The van der Waals surface area contributed by atoms with E-state index in [2.05, 4.69) is 26.9 Å². The summed E-state index contributed by atoms with van der Waals surface area (Å²) in [7, 11) is 0. The van der Waals surface area contributed by atoms with E-state index in [1.54, 1.807) is 17.7 Å². The highest BCUT2D eigenvalue weighted by Crippen LogP contribution is 2.41. The monoisotopic (exact) mass is 330 g/mol. The van der Waals surface area contributed by atoms with Gasteiger partial charge in [-0.05, 0) is 42.5 Å². The zero-order valence-corrected chi connectivity index (χ0v) is 13.6. The molecule has 0 saturated heterocycles. The van der Waals surface area contributed by atoms with Crippen LogP contribution in [-0.4, -0.2) is 19.9 Å². The van der Waals surface area contributed by atoms with Crippen LogP contribution in [0, 0.1) is 5.92 Å². The first-order valence-corrected chi connectivity index (χ1v) is 8.82. The lowest BCUT2D eigenvalue weighted by Gasteiger charge is -2.18. The zero-order valence-electron chi connectivity index (χ0n) is 12.0. The Kier molecular flexibility index (Phi) is 3.46. The van der Waals surface area contributed by atoms with Gasteiger partial charge in [0.15, 0.2) is 5.16 Å². The van der Waals surface area contributed by atoms with Crippen molar-refractivity contribution in [3.05, 3.63) is 39.4 Å². The second-order valence-electron chi connectivity index (χ2n) is 5.55. The van der Waals surface area contributed by atoms with E-state index < -0.39 is 0 Å². The Bertz CT molecular complexity index is 902. The predicted octanol–water partition coefficient (Wildman–Crippen LogP) is 3.05. The molecule has 0 amide bonds. The van der Waals surface area contributed by atoms with Crippen molar-refractivity contribution in [2.75, 3.05) is 0 Å². The van der Waals surface area contributed by atoms with Gasteiger partial charge in [-0.15, -0.1) is 11.3 Å². The van der Waals surface area contributed by atoms with Crippen molar-refractivity contribution in [2.24, 2.45) is 5.92 Å². The molecule has 0 saturated carbocycles. The first-order valence-electron chi connectivity index (χ1n) is 7.19. The van der Waals surface area contributed by atoms with Gasteiger partial charge in [-0.2, -0.15) is 0 Å². The SMILES string of the molecule is C[C@H]1CCc2c(sc3ncnc(Sc4nccc(=O)[nH]4)c23)C1. The summed E-state index contributed by atoms with van der Waals surface area (Å²) in [5, 5.41) is 2.59. The van der Waals surface area contributed by atoms with Crippen molar-refractivity contribution in [2.45, 2.75) is 36.4 Å². The van der Waals surface area contributed by atoms with Gasteiger partial charge in [0.05, 0.1) is 0 Å². The molecule has 5 nitrogen and oxygen atoms in total. The Balaban J connectivity index is 1.83. The number of nitrogens with zero attached hydrogens (tertiary/aromatic N) is 3. The topological polar surface area (TPSA) is 71.5 Å². The molecule has 0 radical (unpaired) electrons. The Morgan fingerprint density at radius 1 is 1.36 bits per heavy atom. The quantitative estimate of drug-likeness (QED) is 0.577.